The Kier molecular flexibility index (Phi) is 4.45. The summed E-state index contributed by atoms with van der Waals surface area (Å²) in [6.45, 7) is -0.0957. The maximum Gasteiger partial charge on any atom is 0.352 e. The molecule has 1 aromatic carbocycles. The third-order valence-corrected chi connectivity index (χ3v) is 5.04. The SMILES string of the molecule is O=C(O)C1=CC(COC(=O)c2cccc([N+](=O)[O-])c2)S[C@@H]2CC(=O)N12. The first-order valence-electron chi connectivity index (χ1n) is 7.21. The lowest BCUT2D eigenvalue weighted by molar-refractivity contribution is -0.384. The lowest BCUT2D eigenvalue weighted by Crippen LogP contribution is -2.54. The van der Waals surface area contributed by atoms with Gasteiger partial charge in [0.1, 0.15) is 12.3 Å². The second-order valence-corrected chi connectivity index (χ2v) is 6.78. The number of carboxylic acids is 1. The normalized spacial score (nSPS) is 21.7. The van der Waals surface area contributed by atoms with Crippen LogP contribution in [0.2, 0.25) is 0 Å². The van der Waals surface area contributed by atoms with Gasteiger partial charge in [-0.25, -0.2) is 9.59 Å². The van der Waals surface area contributed by atoms with Crippen LogP contribution in [0.1, 0.15) is 16.8 Å². The van der Waals surface area contributed by atoms with Gasteiger partial charge in [-0.3, -0.25) is 19.8 Å². The Morgan fingerprint density at radius 3 is 2.84 bits per heavy atom. The van der Waals surface area contributed by atoms with Gasteiger partial charge in [0, 0.05) is 12.1 Å². The summed E-state index contributed by atoms with van der Waals surface area (Å²) in [6, 6.07) is 5.15. The maximum atomic E-state index is 12.0. The molecule has 25 heavy (non-hydrogen) atoms. The van der Waals surface area contributed by atoms with Gasteiger partial charge in [0.2, 0.25) is 5.91 Å². The number of carbonyl (C=O) groups excluding carboxylic acids is 2. The molecule has 9 nitrogen and oxygen atoms in total. The summed E-state index contributed by atoms with van der Waals surface area (Å²) in [5.74, 6) is -2.20. The van der Waals surface area contributed by atoms with Crippen molar-refractivity contribution in [1.82, 2.24) is 4.90 Å². The minimum atomic E-state index is -1.21. The highest BCUT2D eigenvalue weighted by molar-refractivity contribution is 8.00. The molecule has 1 N–H and O–H groups in total. The fourth-order valence-corrected chi connectivity index (χ4v) is 3.88. The minimum Gasteiger partial charge on any atom is -0.477 e. The molecule has 0 aliphatic carbocycles. The Hall–Kier alpha value is -2.88. The number of nitro groups is 1. The summed E-state index contributed by atoms with van der Waals surface area (Å²) in [4.78, 5) is 46.1. The van der Waals surface area contributed by atoms with Crippen LogP contribution < -0.4 is 0 Å². The molecule has 0 spiro atoms. The van der Waals surface area contributed by atoms with Crippen LogP contribution in [0.4, 0.5) is 5.69 Å². The van der Waals surface area contributed by atoms with Crippen molar-refractivity contribution < 1.29 is 29.2 Å². The lowest BCUT2D eigenvalue weighted by atomic mass is 10.1. The molecule has 2 heterocycles. The monoisotopic (exact) mass is 364 g/mol. The molecule has 1 fully saturated rings. The van der Waals surface area contributed by atoms with E-state index in [-0.39, 0.29) is 41.3 Å². The van der Waals surface area contributed by atoms with Crippen LogP contribution in [-0.2, 0) is 14.3 Å². The second-order valence-electron chi connectivity index (χ2n) is 5.36. The average molecular weight is 364 g/mol. The molecule has 0 radical (unpaired) electrons. The predicted molar refractivity (Wildman–Crippen MR) is 85.7 cm³/mol. The number of aliphatic carboxylic acids is 1. The van der Waals surface area contributed by atoms with Gasteiger partial charge in [-0.1, -0.05) is 6.07 Å². The molecule has 10 heteroatoms. The number of carboxylic acid groups (broad SMARTS) is 1. The number of β-lactam (4-membered cyclic amide) rings is 1. The van der Waals surface area contributed by atoms with Gasteiger partial charge in [0.05, 0.1) is 27.5 Å². The molecule has 2 aliphatic rings. The molecule has 0 aromatic heterocycles. The first-order chi connectivity index (χ1) is 11.9. The van der Waals surface area contributed by atoms with E-state index in [4.69, 9.17) is 4.74 Å². The van der Waals surface area contributed by atoms with E-state index in [0.29, 0.717) is 0 Å². The van der Waals surface area contributed by atoms with Crippen LogP contribution in [0.15, 0.2) is 36.0 Å². The standard InChI is InChI=1S/C15H12N2O7S/c18-12-6-13-16(12)11(14(19)20)5-10(25-13)7-24-15(21)8-2-1-3-9(4-8)17(22)23/h1-5,10,13H,6-7H2,(H,19,20)/t10?,13-/m1/s1. The van der Waals surface area contributed by atoms with E-state index < -0.39 is 22.1 Å². The third-order valence-electron chi connectivity index (χ3n) is 3.73. The summed E-state index contributed by atoms with van der Waals surface area (Å²) in [6.07, 6.45) is 1.62. The molecular formula is C15H12N2O7S. The van der Waals surface area contributed by atoms with Gasteiger partial charge in [-0.05, 0) is 12.1 Å². The molecule has 1 unspecified atom stereocenters. The number of nitro benzene ring substituents is 1. The number of ether oxygens (including phenoxy) is 1. The highest BCUT2D eigenvalue weighted by atomic mass is 32.2. The molecule has 3 rings (SSSR count). The second kappa shape index (κ2) is 6.55. The Balaban J connectivity index is 1.67. The van der Waals surface area contributed by atoms with E-state index >= 15 is 0 Å². The fourth-order valence-electron chi connectivity index (χ4n) is 2.53. The quantitative estimate of drug-likeness (QED) is 0.359. The van der Waals surface area contributed by atoms with E-state index in [1.54, 1.807) is 0 Å². The van der Waals surface area contributed by atoms with E-state index in [2.05, 4.69) is 0 Å². The fraction of sp³-hybridized carbons (Fsp3) is 0.267. The van der Waals surface area contributed by atoms with Crippen molar-refractivity contribution in [1.29, 1.82) is 0 Å². The van der Waals surface area contributed by atoms with Crippen molar-refractivity contribution in [2.24, 2.45) is 0 Å². The molecule has 1 amide bonds. The maximum absolute atomic E-state index is 12.0. The van der Waals surface area contributed by atoms with Gasteiger partial charge in [0.15, 0.2) is 0 Å². The van der Waals surface area contributed by atoms with Crippen LogP contribution in [0.5, 0.6) is 0 Å². The number of fused-ring (bicyclic) bond motifs is 1. The van der Waals surface area contributed by atoms with Gasteiger partial charge >= 0.3 is 11.9 Å². The Morgan fingerprint density at radius 1 is 1.44 bits per heavy atom. The van der Waals surface area contributed by atoms with Gasteiger partial charge in [-0.2, -0.15) is 0 Å². The van der Waals surface area contributed by atoms with Crippen molar-refractivity contribution in [3.63, 3.8) is 0 Å². The van der Waals surface area contributed by atoms with Crippen molar-refractivity contribution in [3.8, 4) is 0 Å². The zero-order valence-electron chi connectivity index (χ0n) is 12.7. The first kappa shape index (κ1) is 17.0. The van der Waals surface area contributed by atoms with E-state index in [1.807, 2.05) is 0 Å². The van der Waals surface area contributed by atoms with Gasteiger partial charge in [0.25, 0.3) is 5.69 Å². The number of carbonyl (C=O) groups is 3. The molecular weight excluding hydrogens is 352 g/mol. The van der Waals surface area contributed by atoms with E-state index in [0.717, 1.165) is 6.07 Å². The van der Waals surface area contributed by atoms with Crippen molar-refractivity contribution in [2.75, 3.05) is 6.61 Å². The number of rotatable bonds is 5. The van der Waals surface area contributed by atoms with Crippen molar-refractivity contribution in [3.05, 3.63) is 51.7 Å². The molecule has 1 saturated heterocycles. The van der Waals surface area contributed by atoms with Crippen LogP contribution in [-0.4, -0.2) is 50.0 Å². The summed E-state index contributed by atoms with van der Waals surface area (Å²) < 4.78 is 5.14. The predicted octanol–water partition coefficient (Wildman–Crippen LogP) is 1.39. The molecule has 0 saturated carbocycles. The zero-order valence-corrected chi connectivity index (χ0v) is 13.5. The Labute approximate surface area is 145 Å². The third kappa shape index (κ3) is 3.33. The largest absolute Gasteiger partial charge is 0.477 e. The highest BCUT2D eigenvalue weighted by Crippen LogP contribution is 2.40. The topological polar surface area (TPSA) is 127 Å². The number of non-ortho nitro benzene ring substituents is 1. The van der Waals surface area contributed by atoms with Gasteiger partial charge < -0.3 is 9.84 Å². The summed E-state index contributed by atoms with van der Waals surface area (Å²) >= 11 is 1.33. The van der Waals surface area contributed by atoms with E-state index in [9.17, 15) is 29.6 Å². The number of benzene rings is 1. The molecule has 0 bridgehead atoms. The number of hydrogen-bond donors (Lipinski definition) is 1. The van der Waals surface area contributed by atoms with Crippen molar-refractivity contribution >= 4 is 35.3 Å². The Morgan fingerprint density at radius 2 is 2.20 bits per heavy atom. The highest BCUT2D eigenvalue weighted by Gasteiger charge is 2.45. The molecule has 1 aromatic rings. The van der Waals surface area contributed by atoms with E-state index in [1.165, 1.54) is 40.9 Å². The molecule has 2 atom stereocenters. The minimum absolute atomic E-state index is 0.0397. The first-order valence-corrected chi connectivity index (χ1v) is 8.15. The number of esters is 1. The summed E-state index contributed by atoms with van der Waals surface area (Å²) in [5.41, 5.74) is -0.299. The van der Waals surface area contributed by atoms with Gasteiger partial charge in [-0.15, -0.1) is 11.8 Å². The number of amides is 1. The molecule has 130 valence electrons. The smallest absolute Gasteiger partial charge is 0.352 e. The van der Waals surface area contributed by atoms with Crippen LogP contribution in [0.3, 0.4) is 0 Å². The zero-order chi connectivity index (χ0) is 18.1. The number of hydrogen-bond acceptors (Lipinski definition) is 7. The van der Waals surface area contributed by atoms with Crippen LogP contribution >= 0.6 is 11.8 Å². The number of nitrogens with zero attached hydrogens (tertiary/aromatic N) is 2. The van der Waals surface area contributed by atoms with Crippen LogP contribution in [0, 0.1) is 10.1 Å². The summed E-state index contributed by atoms with van der Waals surface area (Å²) in [5, 5.41) is 19.2. The molecule has 2 aliphatic heterocycles. The van der Waals surface area contributed by atoms with Crippen LogP contribution in [0.25, 0.3) is 0 Å². The summed E-state index contributed by atoms with van der Waals surface area (Å²) in [7, 11) is 0. The number of thioether (sulfide) groups is 1. The van der Waals surface area contributed by atoms with Crippen molar-refractivity contribution in [2.45, 2.75) is 17.0 Å². The average Bonchev–Trinajstić information content (AvgIpc) is 2.58. The Bertz CT molecular complexity index is 807. The lowest BCUT2D eigenvalue weighted by Gasteiger charge is -2.44.